The van der Waals surface area contributed by atoms with E-state index in [2.05, 4.69) is 5.32 Å². The highest BCUT2D eigenvalue weighted by molar-refractivity contribution is 7.90. The molecule has 0 aromatic heterocycles. The van der Waals surface area contributed by atoms with E-state index in [1.807, 2.05) is 0 Å². The van der Waals surface area contributed by atoms with Crippen LogP contribution in [0, 0.1) is 5.82 Å². The van der Waals surface area contributed by atoms with Gasteiger partial charge in [0.05, 0.1) is 10.6 Å². The lowest BCUT2D eigenvalue weighted by molar-refractivity contribution is 0.243. The van der Waals surface area contributed by atoms with Gasteiger partial charge in [-0.15, -0.1) is 0 Å². The normalized spacial score (nSPS) is 11.3. The number of hydrogen-bond acceptors (Lipinski definition) is 4. The van der Waals surface area contributed by atoms with E-state index in [-0.39, 0.29) is 16.6 Å². The van der Waals surface area contributed by atoms with Crippen molar-refractivity contribution in [2.75, 3.05) is 5.73 Å². The maximum absolute atomic E-state index is 13.1. The molecule has 6 nitrogen and oxygen atoms in total. The van der Waals surface area contributed by atoms with Gasteiger partial charge in [0.2, 0.25) is 0 Å². The Morgan fingerprint density at radius 2 is 2.00 bits per heavy atom. The topological polar surface area (TPSA) is 101 Å². The Morgan fingerprint density at radius 1 is 1.39 bits per heavy atom. The quantitative estimate of drug-likeness (QED) is 0.710. The summed E-state index contributed by atoms with van der Waals surface area (Å²) in [6, 6.07) is 1.89. The summed E-state index contributed by atoms with van der Waals surface area (Å²) in [5.41, 5.74) is 5.06. The van der Waals surface area contributed by atoms with Crippen LogP contribution in [0.15, 0.2) is 23.1 Å². The number of rotatable bonds is 3. The molecule has 18 heavy (non-hydrogen) atoms. The molecule has 0 fully saturated rings. The third kappa shape index (κ3) is 3.59. The highest BCUT2D eigenvalue weighted by Gasteiger charge is 2.19. The first-order valence-corrected chi connectivity index (χ1v) is 6.59. The summed E-state index contributed by atoms with van der Waals surface area (Å²) in [5.74, 6) is -0.859. The number of urea groups is 1. The van der Waals surface area contributed by atoms with Crippen LogP contribution in [-0.4, -0.2) is 20.5 Å². The van der Waals surface area contributed by atoms with Crippen LogP contribution in [-0.2, 0) is 10.0 Å². The summed E-state index contributed by atoms with van der Waals surface area (Å²) in [6.45, 7) is 3.35. The molecule has 100 valence electrons. The Labute approximate surface area is 104 Å². The van der Waals surface area contributed by atoms with Crippen molar-refractivity contribution in [3.05, 3.63) is 24.0 Å². The van der Waals surface area contributed by atoms with E-state index in [1.54, 1.807) is 18.6 Å². The highest BCUT2D eigenvalue weighted by atomic mass is 32.2. The first kappa shape index (κ1) is 14.2. The van der Waals surface area contributed by atoms with Crippen LogP contribution in [0.1, 0.15) is 13.8 Å². The predicted molar refractivity (Wildman–Crippen MR) is 64.8 cm³/mol. The standard InChI is InChI=1S/C10H14FN3O3S/c1-6(2)13-10(15)14-18(16,17)7-3-4-9(12)8(11)5-7/h3-6H,12H2,1-2H3,(H2,13,14,15). The van der Waals surface area contributed by atoms with Crippen molar-refractivity contribution in [1.29, 1.82) is 0 Å². The lowest BCUT2D eigenvalue weighted by Crippen LogP contribution is -2.42. The number of nitrogen functional groups attached to an aromatic ring is 1. The number of nitrogens with one attached hydrogen (secondary N) is 2. The number of nitrogens with two attached hydrogens (primary N) is 1. The Hall–Kier alpha value is -1.83. The molecule has 0 aliphatic carbocycles. The van der Waals surface area contributed by atoms with Crippen LogP contribution in [0.2, 0.25) is 0 Å². The molecule has 0 radical (unpaired) electrons. The molecule has 0 unspecified atom stereocenters. The average Bonchev–Trinajstić information content (AvgIpc) is 2.19. The molecule has 1 aromatic rings. The average molecular weight is 275 g/mol. The lowest BCUT2D eigenvalue weighted by Gasteiger charge is -2.11. The Kier molecular flexibility index (Phi) is 4.12. The minimum absolute atomic E-state index is 0.166. The van der Waals surface area contributed by atoms with Gasteiger partial charge in [0, 0.05) is 6.04 Å². The van der Waals surface area contributed by atoms with Crippen molar-refractivity contribution in [3.8, 4) is 0 Å². The number of sulfonamides is 1. The summed E-state index contributed by atoms with van der Waals surface area (Å²) >= 11 is 0. The van der Waals surface area contributed by atoms with Crippen LogP contribution >= 0.6 is 0 Å². The van der Waals surface area contributed by atoms with Crippen molar-refractivity contribution in [3.63, 3.8) is 0 Å². The van der Waals surface area contributed by atoms with E-state index in [0.29, 0.717) is 0 Å². The van der Waals surface area contributed by atoms with Gasteiger partial charge < -0.3 is 11.1 Å². The highest BCUT2D eigenvalue weighted by Crippen LogP contribution is 2.15. The number of benzene rings is 1. The molecular formula is C10H14FN3O3S. The van der Waals surface area contributed by atoms with E-state index in [9.17, 15) is 17.6 Å². The molecular weight excluding hydrogens is 261 g/mol. The van der Waals surface area contributed by atoms with Gasteiger partial charge in [0.15, 0.2) is 0 Å². The van der Waals surface area contributed by atoms with Crippen LogP contribution in [0.25, 0.3) is 0 Å². The van der Waals surface area contributed by atoms with Gasteiger partial charge in [-0.25, -0.2) is 22.3 Å². The van der Waals surface area contributed by atoms with Gasteiger partial charge in [-0.05, 0) is 32.0 Å². The lowest BCUT2D eigenvalue weighted by atomic mass is 10.3. The molecule has 0 spiro atoms. The molecule has 0 saturated carbocycles. The van der Waals surface area contributed by atoms with Gasteiger partial charge >= 0.3 is 6.03 Å². The zero-order valence-corrected chi connectivity index (χ0v) is 10.7. The van der Waals surface area contributed by atoms with Crippen molar-refractivity contribution in [2.45, 2.75) is 24.8 Å². The number of carbonyl (C=O) groups excluding carboxylic acids is 1. The molecule has 2 amide bonds. The molecule has 0 aliphatic rings. The number of anilines is 1. The van der Waals surface area contributed by atoms with E-state index < -0.39 is 21.9 Å². The molecule has 0 aliphatic heterocycles. The second-order valence-corrected chi connectivity index (χ2v) is 5.60. The first-order chi connectivity index (χ1) is 8.22. The maximum Gasteiger partial charge on any atom is 0.328 e. The summed E-state index contributed by atoms with van der Waals surface area (Å²) in [7, 11) is -4.10. The molecule has 1 rings (SSSR count). The predicted octanol–water partition coefficient (Wildman–Crippen LogP) is 0.804. The van der Waals surface area contributed by atoms with Gasteiger partial charge in [-0.1, -0.05) is 0 Å². The summed E-state index contributed by atoms with van der Waals surface area (Å²) in [4.78, 5) is 10.9. The molecule has 0 heterocycles. The van der Waals surface area contributed by atoms with Crippen LogP contribution in [0.3, 0.4) is 0 Å². The van der Waals surface area contributed by atoms with Crippen LogP contribution in [0.5, 0.6) is 0 Å². The zero-order valence-electron chi connectivity index (χ0n) is 9.90. The van der Waals surface area contributed by atoms with Crippen LogP contribution in [0.4, 0.5) is 14.9 Å². The number of carbonyl (C=O) groups is 1. The Morgan fingerprint density at radius 3 is 2.50 bits per heavy atom. The number of amides is 2. The molecule has 4 N–H and O–H groups in total. The number of halogens is 1. The minimum atomic E-state index is -4.10. The molecule has 1 aromatic carbocycles. The zero-order chi connectivity index (χ0) is 13.9. The minimum Gasteiger partial charge on any atom is -0.396 e. The van der Waals surface area contributed by atoms with Crippen molar-refractivity contribution < 1.29 is 17.6 Å². The fourth-order valence-electron chi connectivity index (χ4n) is 1.15. The fourth-order valence-corrected chi connectivity index (χ4v) is 2.07. The summed E-state index contributed by atoms with van der Waals surface area (Å²) in [6.07, 6.45) is 0. The van der Waals surface area contributed by atoms with Crippen molar-refractivity contribution in [2.24, 2.45) is 0 Å². The van der Waals surface area contributed by atoms with E-state index in [4.69, 9.17) is 5.73 Å². The Balaban J connectivity index is 2.93. The largest absolute Gasteiger partial charge is 0.396 e. The second-order valence-electron chi connectivity index (χ2n) is 3.92. The monoisotopic (exact) mass is 275 g/mol. The van der Waals surface area contributed by atoms with E-state index in [0.717, 1.165) is 18.2 Å². The van der Waals surface area contributed by atoms with E-state index >= 15 is 0 Å². The molecule has 0 bridgehead atoms. The molecule has 0 atom stereocenters. The van der Waals surface area contributed by atoms with Crippen LogP contribution < -0.4 is 15.8 Å². The third-order valence-corrected chi connectivity index (χ3v) is 3.26. The van der Waals surface area contributed by atoms with Gasteiger partial charge in [-0.3, -0.25) is 0 Å². The molecule has 8 heteroatoms. The van der Waals surface area contributed by atoms with E-state index in [1.165, 1.54) is 0 Å². The summed E-state index contributed by atoms with van der Waals surface area (Å²) in [5, 5.41) is 2.35. The molecule has 0 saturated heterocycles. The first-order valence-electron chi connectivity index (χ1n) is 5.10. The van der Waals surface area contributed by atoms with Gasteiger partial charge in [-0.2, -0.15) is 0 Å². The maximum atomic E-state index is 13.1. The van der Waals surface area contributed by atoms with Crippen molar-refractivity contribution in [1.82, 2.24) is 10.0 Å². The SMILES string of the molecule is CC(C)NC(=O)NS(=O)(=O)c1ccc(N)c(F)c1. The second kappa shape index (κ2) is 5.21. The third-order valence-electron chi connectivity index (χ3n) is 1.93. The van der Waals surface area contributed by atoms with Gasteiger partial charge in [0.25, 0.3) is 10.0 Å². The summed E-state index contributed by atoms with van der Waals surface area (Å²) < 4.78 is 38.3. The Bertz CT molecular complexity index is 557. The van der Waals surface area contributed by atoms with Gasteiger partial charge in [0.1, 0.15) is 5.82 Å². The smallest absolute Gasteiger partial charge is 0.328 e. The fraction of sp³-hybridized carbons (Fsp3) is 0.300. The van der Waals surface area contributed by atoms with Crippen molar-refractivity contribution >= 4 is 21.7 Å². The number of hydrogen-bond donors (Lipinski definition) is 3.